The first kappa shape index (κ1) is 11.4. The number of nitrogen functional groups attached to an aromatic ring is 1. The second-order valence-corrected chi connectivity index (χ2v) is 3.27. The molecule has 0 saturated heterocycles. The van der Waals surface area contributed by atoms with Crippen molar-refractivity contribution in [2.24, 2.45) is 0 Å². The summed E-state index contributed by atoms with van der Waals surface area (Å²) in [5.74, 6) is 0.547. The fourth-order valence-corrected chi connectivity index (χ4v) is 1.20. The Morgan fingerprint density at radius 1 is 1.53 bits per heavy atom. The molecular weight excluding hydrogens is 192 g/mol. The molecule has 1 rings (SSSR count). The molecule has 0 fully saturated rings. The van der Waals surface area contributed by atoms with Gasteiger partial charge in [-0.3, -0.25) is 4.79 Å². The summed E-state index contributed by atoms with van der Waals surface area (Å²) in [6, 6.07) is 5.07. The van der Waals surface area contributed by atoms with Crippen LogP contribution in [0.5, 0.6) is 5.75 Å². The lowest BCUT2D eigenvalue weighted by molar-refractivity contribution is 0.0803. The Hall–Kier alpha value is -1.71. The summed E-state index contributed by atoms with van der Waals surface area (Å²) in [4.78, 5) is 13.5. The van der Waals surface area contributed by atoms with E-state index in [9.17, 15) is 4.79 Å². The molecule has 0 heterocycles. The lowest BCUT2D eigenvalue weighted by Gasteiger charge is -2.16. The molecule has 0 aliphatic heterocycles. The van der Waals surface area contributed by atoms with E-state index in [1.165, 1.54) is 0 Å². The van der Waals surface area contributed by atoms with Gasteiger partial charge in [-0.25, -0.2) is 0 Å². The molecule has 0 aromatic heterocycles. The zero-order chi connectivity index (χ0) is 11.4. The van der Waals surface area contributed by atoms with E-state index < -0.39 is 0 Å². The predicted octanol–water partition coefficient (Wildman–Crippen LogP) is 1.37. The summed E-state index contributed by atoms with van der Waals surface area (Å²) >= 11 is 0. The van der Waals surface area contributed by atoms with Crippen LogP contribution in [0.25, 0.3) is 0 Å². The molecule has 82 valence electrons. The SMILES string of the molecule is CCN(C)C(=O)c1cc(OC)ccc1N. The van der Waals surface area contributed by atoms with Crippen LogP contribution in [-0.2, 0) is 0 Å². The van der Waals surface area contributed by atoms with E-state index in [-0.39, 0.29) is 5.91 Å². The van der Waals surface area contributed by atoms with Gasteiger partial charge in [-0.2, -0.15) is 0 Å². The number of ether oxygens (including phenoxy) is 1. The van der Waals surface area contributed by atoms with Gasteiger partial charge in [0, 0.05) is 19.3 Å². The van der Waals surface area contributed by atoms with Crippen molar-refractivity contribution in [1.82, 2.24) is 4.90 Å². The molecule has 0 aliphatic carbocycles. The maximum absolute atomic E-state index is 11.9. The molecule has 0 saturated carbocycles. The van der Waals surface area contributed by atoms with Crippen LogP contribution in [0.1, 0.15) is 17.3 Å². The quantitative estimate of drug-likeness (QED) is 0.763. The Kier molecular flexibility index (Phi) is 3.55. The molecule has 1 aromatic rings. The maximum Gasteiger partial charge on any atom is 0.255 e. The van der Waals surface area contributed by atoms with Crippen LogP contribution < -0.4 is 10.5 Å². The van der Waals surface area contributed by atoms with E-state index >= 15 is 0 Å². The first-order valence-corrected chi connectivity index (χ1v) is 4.79. The molecule has 4 heteroatoms. The highest BCUT2D eigenvalue weighted by molar-refractivity contribution is 5.99. The smallest absolute Gasteiger partial charge is 0.255 e. The molecule has 0 radical (unpaired) electrons. The number of carbonyl (C=O) groups is 1. The molecular formula is C11H16N2O2. The first-order chi connectivity index (χ1) is 7.10. The predicted molar refractivity (Wildman–Crippen MR) is 60.0 cm³/mol. The summed E-state index contributed by atoms with van der Waals surface area (Å²) in [6.07, 6.45) is 0. The van der Waals surface area contributed by atoms with Gasteiger partial charge in [-0.05, 0) is 25.1 Å². The topological polar surface area (TPSA) is 55.6 Å². The second kappa shape index (κ2) is 4.68. The summed E-state index contributed by atoms with van der Waals surface area (Å²) in [6.45, 7) is 2.56. The van der Waals surface area contributed by atoms with Gasteiger partial charge in [0.25, 0.3) is 5.91 Å². The van der Waals surface area contributed by atoms with Gasteiger partial charge >= 0.3 is 0 Å². The Labute approximate surface area is 89.6 Å². The molecule has 0 unspecified atom stereocenters. The highest BCUT2D eigenvalue weighted by Crippen LogP contribution is 2.20. The van der Waals surface area contributed by atoms with Crippen LogP contribution in [0.15, 0.2) is 18.2 Å². The standard InChI is InChI=1S/C11H16N2O2/c1-4-13(2)11(14)9-7-8(15-3)5-6-10(9)12/h5-7H,4,12H2,1-3H3. The molecule has 0 aliphatic rings. The monoisotopic (exact) mass is 208 g/mol. The molecule has 15 heavy (non-hydrogen) atoms. The van der Waals surface area contributed by atoms with Crippen LogP contribution in [0.2, 0.25) is 0 Å². The van der Waals surface area contributed by atoms with E-state index in [4.69, 9.17) is 10.5 Å². The van der Waals surface area contributed by atoms with E-state index in [1.807, 2.05) is 6.92 Å². The van der Waals surface area contributed by atoms with Gasteiger partial charge in [-0.1, -0.05) is 0 Å². The largest absolute Gasteiger partial charge is 0.497 e. The van der Waals surface area contributed by atoms with E-state index in [0.717, 1.165) is 0 Å². The van der Waals surface area contributed by atoms with Gasteiger partial charge < -0.3 is 15.4 Å². The van der Waals surface area contributed by atoms with E-state index in [0.29, 0.717) is 23.5 Å². The Morgan fingerprint density at radius 3 is 2.73 bits per heavy atom. The zero-order valence-corrected chi connectivity index (χ0v) is 9.28. The molecule has 2 N–H and O–H groups in total. The number of nitrogens with two attached hydrogens (primary N) is 1. The third kappa shape index (κ3) is 2.40. The molecule has 1 amide bonds. The number of rotatable bonds is 3. The summed E-state index contributed by atoms with van der Waals surface area (Å²) in [5.41, 5.74) is 6.69. The zero-order valence-electron chi connectivity index (χ0n) is 9.28. The minimum absolute atomic E-state index is 0.0890. The maximum atomic E-state index is 11.9. The fraction of sp³-hybridized carbons (Fsp3) is 0.364. The number of methoxy groups -OCH3 is 1. The average molecular weight is 208 g/mol. The molecule has 0 atom stereocenters. The third-order valence-corrected chi connectivity index (χ3v) is 2.31. The Balaban J connectivity index is 3.07. The van der Waals surface area contributed by atoms with E-state index in [2.05, 4.69) is 0 Å². The van der Waals surface area contributed by atoms with Crippen molar-refractivity contribution in [3.63, 3.8) is 0 Å². The van der Waals surface area contributed by atoms with Gasteiger partial charge in [0.05, 0.1) is 12.7 Å². The molecule has 0 bridgehead atoms. The van der Waals surface area contributed by atoms with Crippen LogP contribution in [0.3, 0.4) is 0 Å². The fourth-order valence-electron chi connectivity index (χ4n) is 1.20. The minimum atomic E-state index is -0.0890. The van der Waals surface area contributed by atoms with Crippen LogP contribution >= 0.6 is 0 Å². The van der Waals surface area contributed by atoms with Crippen molar-refractivity contribution < 1.29 is 9.53 Å². The van der Waals surface area contributed by atoms with Crippen LogP contribution in [-0.4, -0.2) is 31.5 Å². The highest BCUT2D eigenvalue weighted by atomic mass is 16.5. The third-order valence-electron chi connectivity index (χ3n) is 2.31. The second-order valence-electron chi connectivity index (χ2n) is 3.27. The van der Waals surface area contributed by atoms with Crippen LogP contribution in [0.4, 0.5) is 5.69 Å². The van der Waals surface area contributed by atoms with Gasteiger partial charge in [0.2, 0.25) is 0 Å². The number of anilines is 1. The summed E-state index contributed by atoms with van der Waals surface area (Å²) in [5, 5.41) is 0. The van der Waals surface area contributed by atoms with Crippen molar-refractivity contribution in [3.8, 4) is 5.75 Å². The number of nitrogens with zero attached hydrogens (tertiary/aromatic N) is 1. The molecule has 1 aromatic carbocycles. The van der Waals surface area contributed by atoms with Gasteiger partial charge in [-0.15, -0.1) is 0 Å². The molecule has 4 nitrogen and oxygen atoms in total. The normalized spacial score (nSPS) is 9.80. The summed E-state index contributed by atoms with van der Waals surface area (Å²) in [7, 11) is 3.30. The number of carbonyl (C=O) groups excluding carboxylic acids is 1. The Bertz CT molecular complexity index is 364. The van der Waals surface area contributed by atoms with Crippen molar-refractivity contribution in [2.45, 2.75) is 6.92 Å². The number of benzene rings is 1. The summed E-state index contributed by atoms with van der Waals surface area (Å²) < 4.78 is 5.05. The minimum Gasteiger partial charge on any atom is -0.497 e. The van der Waals surface area contributed by atoms with E-state index in [1.54, 1.807) is 37.3 Å². The van der Waals surface area contributed by atoms with Crippen molar-refractivity contribution in [1.29, 1.82) is 0 Å². The number of amides is 1. The van der Waals surface area contributed by atoms with Crippen LogP contribution in [0, 0.1) is 0 Å². The lowest BCUT2D eigenvalue weighted by Crippen LogP contribution is -2.27. The lowest BCUT2D eigenvalue weighted by atomic mass is 10.1. The van der Waals surface area contributed by atoms with Crippen molar-refractivity contribution in [2.75, 3.05) is 26.4 Å². The van der Waals surface area contributed by atoms with Gasteiger partial charge in [0.1, 0.15) is 5.75 Å². The average Bonchev–Trinajstić information content (AvgIpc) is 2.27. The van der Waals surface area contributed by atoms with Gasteiger partial charge in [0.15, 0.2) is 0 Å². The van der Waals surface area contributed by atoms with Crippen molar-refractivity contribution >= 4 is 11.6 Å². The number of hydrogen-bond acceptors (Lipinski definition) is 3. The van der Waals surface area contributed by atoms with Crippen molar-refractivity contribution in [3.05, 3.63) is 23.8 Å². The molecule has 0 spiro atoms. The number of hydrogen-bond donors (Lipinski definition) is 1. The Morgan fingerprint density at radius 2 is 2.20 bits per heavy atom. The highest BCUT2D eigenvalue weighted by Gasteiger charge is 2.13. The first-order valence-electron chi connectivity index (χ1n) is 4.79.